The molecule has 1 saturated heterocycles. The van der Waals surface area contributed by atoms with Crippen LogP contribution in [0.25, 0.3) is 0 Å². The summed E-state index contributed by atoms with van der Waals surface area (Å²) in [6.45, 7) is 4.40. The lowest BCUT2D eigenvalue weighted by Gasteiger charge is -2.31. The molecule has 1 aromatic heterocycles. The fourth-order valence-corrected chi connectivity index (χ4v) is 2.84. The van der Waals surface area contributed by atoms with Gasteiger partial charge >= 0.3 is 0 Å². The molecule has 1 amide bonds. The van der Waals surface area contributed by atoms with Gasteiger partial charge in [-0.05, 0) is 43.0 Å². The van der Waals surface area contributed by atoms with E-state index in [0.29, 0.717) is 11.5 Å². The fraction of sp³-hybridized carbons (Fsp3) is 0.333. The number of benzene rings is 1. The third-order valence-corrected chi connectivity index (χ3v) is 4.02. The molecule has 0 spiro atoms. The average Bonchev–Trinajstić information content (AvgIpc) is 2.56. The van der Waals surface area contributed by atoms with E-state index < -0.39 is 0 Å². The lowest BCUT2D eigenvalue weighted by Crippen LogP contribution is -2.34. The van der Waals surface area contributed by atoms with Crippen LogP contribution in [0.5, 0.6) is 0 Å². The number of pyridine rings is 1. The van der Waals surface area contributed by atoms with Gasteiger partial charge in [0, 0.05) is 18.7 Å². The summed E-state index contributed by atoms with van der Waals surface area (Å²) in [5.41, 5.74) is 1.37. The number of hydrogen-bond acceptors (Lipinski definition) is 3. The molecule has 2 aromatic rings. The van der Waals surface area contributed by atoms with Crippen LogP contribution in [0.2, 0.25) is 0 Å². The first-order valence-corrected chi connectivity index (χ1v) is 7.80. The second-order valence-corrected chi connectivity index (χ2v) is 5.92. The molecule has 2 heterocycles. The van der Waals surface area contributed by atoms with E-state index in [4.69, 9.17) is 0 Å². The van der Waals surface area contributed by atoms with Crippen molar-refractivity contribution in [1.82, 2.24) is 4.98 Å². The van der Waals surface area contributed by atoms with Gasteiger partial charge in [0.2, 0.25) is 0 Å². The Morgan fingerprint density at radius 3 is 2.73 bits per heavy atom. The molecule has 1 atom stereocenters. The molecule has 1 aromatic carbocycles. The Kier molecular flexibility index (Phi) is 4.37. The minimum Gasteiger partial charge on any atom is -0.356 e. The van der Waals surface area contributed by atoms with Crippen LogP contribution in [0.4, 0.5) is 11.5 Å². The Bertz CT molecular complexity index is 625. The number of hydrogen-bond donors (Lipinski definition) is 1. The second kappa shape index (κ2) is 6.60. The topological polar surface area (TPSA) is 45.2 Å². The van der Waals surface area contributed by atoms with Crippen molar-refractivity contribution >= 4 is 17.4 Å². The van der Waals surface area contributed by atoms with Gasteiger partial charge in [-0.2, -0.15) is 0 Å². The number of amides is 1. The third-order valence-electron chi connectivity index (χ3n) is 4.02. The van der Waals surface area contributed by atoms with Crippen molar-refractivity contribution in [3.05, 3.63) is 54.2 Å². The zero-order valence-electron chi connectivity index (χ0n) is 12.8. The summed E-state index contributed by atoms with van der Waals surface area (Å²) in [6.07, 6.45) is 4.24. The molecule has 0 aliphatic carbocycles. The summed E-state index contributed by atoms with van der Waals surface area (Å²) in [5, 5.41) is 2.88. The molecule has 1 aliphatic heterocycles. The molecule has 4 nitrogen and oxygen atoms in total. The van der Waals surface area contributed by atoms with E-state index in [1.807, 2.05) is 30.3 Å². The van der Waals surface area contributed by atoms with Crippen molar-refractivity contribution in [2.75, 3.05) is 23.3 Å². The third kappa shape index (κ3) is 3.45. The number of anilines is 2. The molecule has 0 bridgehead atoms. The van der Waals surface area contributed by atoms with Crippen molar-refractivity contribution in [2.24, 2.45) is 5.92 Å². The van der Waals surface area contributed by atoms with Gasteiger partial charge in [-0.3, -0.25) is 4.79 Å². The lowest BCUT2D eigenvalue weighted by atomic mass is 10.0. The van der Waals surface area contributed by atoms with Gasteiger partial charge in [-0.15, -0.1) is 0 Å². The van der Waals surface area contributed by atoms with Gasteiger partial charge in [0.1, 0.15) is 5.82 Å². The Balaban J connectivity index is 1.65. The number of piperidine rings is 1. The molecule has 1 N–H and O–H groups in total. The molecular formula is C18H21N3O. The zero-order valence-corrected chi connectivity index (χ0v) is 12.8. The molecule has 22 heavy (non-hydrogen) atoms. The van der Waals surface area contributed by atoms with Gasteiger partial charge in [0.15, 0.2) is 0 Å². The van der Waals surface area contributed by atoms with Crippen LogP contribution >= 0.6 is 0 Å². The number of nitrogens with zero attached hydrogens (tertiary/aromatic N) is 2. The predicted octanol–water partition coefficient (Wildman–Crippen LogP) is 3.57. The molecule has 114 valence electrons. The standard InChI is InChI=1S/C18H21N3O/c1-14-6-5-11-21(13-14)17-10-9-16(12-19-17)20-18(22)15-7-3-2-4-8-15/h2-4,7-10,12,14H,5-6,11,13H2,1H3,(H,20,22). The first-order valence-electron chi connectivity index (χ1n) is 7.80. The summed E-state index contributed by atoms with van der Waals surface area (Å²) >= 11 is 0. The smallest absolute Gasteiger partial charge is 0.255 e. The SMILES string of the molecule is CC1CCCN(c2ccc(NC(=O)c3ccccc3)cn2)C1. The van der Waals surface area contributed by atoms with E-state index in [2.05, 4.69) is 22.1 Å². The molecule has 1 aliphatic rings. The Hall–Kier alpha value is -2.36. The summed E-state index contributed by atoms with van der Waals surface area (Å²) < 4.78 is 0. The predicted molar refractivity (Wildman–Crippen MR) is 89.2 cm³/mol. The van der Waals surface area contributed by atoms with E-state index in [-0.39, 0.29) is 5.91 Å². The lowest BCUT2D eigenvalue weighted by molar-refractivity contribution is 0.102. The molecular weight excluding hydrogens is 274 g/mol. The van der Waals surface area contributed by atoms with Crippen LogP contribution < -0.4 is 10.2 Å². The summed E-state index contributed by atoms with van der Waals surface area (Å²) in [7, 11) is 0. The summed E-state index contributed by atoms with van der Waals surface area (Å²) in [5.74, 6) is 1.60. The van der Waals surface area contributed by atoms with E-state index in [1.54, 1.807) is 18.3 Å². The van der Waals surface area contributed by atoms with Crippen molar-refractivity contribution in [3.63, 3.8) is 0 Å². The highest BCUT2D eigenvalue weighted by atomic mass is 16.1. The van der Waals surface area contributed by atoms with Crippen LogP contribution in [-0.4, -0.2) is 24.0 Å². The van der Waals surface area contributed by atoms with E-state index >= 15 is 0 Å². The van der Waals surface area contributed by atoms with Crippen LogP contribution in [0, 0.1) is 5.92 Å². The Morgan fingerprint density at radius 2 is 2.05 bits per heavy atom. The quantitative estimate of drug-likeness (QED) is 0.941. The van der Waals surface area contributed by atoms with Crippen LogP contribution in [0.15, 0.2) is 48.7 Å². The number of aromatic nitrogens is 1. The molecule has 3 rings (SSSR count). The van der Waals surface area contributed by atoms with Gasteiger partial charge in [-0.25, -0.2) is 4.98 Å². The maximum Gasteiger partial charge on any atom is 0.255 e. The molecule has 1 fully saturated rings. The van der Waals surface area contributed by atoms with Crippen LogP contribution in [-0.2, 0) is 0 Å². The first-order chi connectivity index (χ1) is 10.7. The Morgan fingerprint density at radius 1 is 1.23 bits per heavy atom. The number of carbonyl (C=O) groups is 1. The normalized spacial score (nSPS) is 18.0. The minimum absolute atomic E-state index is 0.109. The average molecular weight is 295 g/mol. The maximum absolute atomic E-state index is 12.1. The van der Waals surface area contributed by atoms with Crippen LogP contribution in [0.3, 0.4) is 0 Å². The zero-order chi connectivity index (χ0) is 15.4. The van der Waals surface area contributed by atoms with Gasteiger partial charge in [0.25, 0.3) is 5.91 Å². The van der Waals surface area contributed by atoms with Crippen molar-refractivity contribution < 1.29 is 4.79 Å². The van der Waals surface area contributed by atoms with Gasteiger partial charge in [0.05, 0.1) is 11.9 Å². The number of rotatable bonds is 3. The summed E-state index contributed by atoms with van der Waals surface area (Å²) in [4.78, 5) is 18.9. The molecule has 4 heteroatoms. The van der Waals surface area contributed by atoms with Crippen molar-refractivity contribution in [1.29, 1.82) is 0 Å². The summed E-state index contributed by atoms with van der Waals surface area (Å²) in [6, 6.07) is 13.1. The van der Waals surface area contributed by atoms with E-state index in [1.165, 1.54) is 12.8 Å². The minimum atomic E-state index is -0.109. The highest BCUT2D eigenvalue weighted by Gasteiger charge is 2.17. The van der Waals surface area contributed by atoms with Crippen molar-refractivity contribution in [2.45, 2.75) is 19.8 Å². The largest absolute Gasteiger partial charge is 0.356 e. The molecule has 0 saturated carbocycles. The second-order valence-electron chi connectivity index (χ2n) is 5.92. The van der Waals surface area contributed by atoms with Crippen LogP contribution in [0.1, 0.15) is 30.1 Å². The number of nitrogens with one attached hydrogen (secondary N) is 1. The fourth-order valence-electron chi connectivity index (χ4n) is 2.84. The highest BCUT2D eigenvalue weighted by Crippen LogP contribution is 2.22. The number of carbonyl (C=O) groups excluding carboxylic acids is 1. The van der Waals surface area contributed by atoms with Crippen molar-refractivity contribution in [3.8, 4) is 0 Å². The monoisotopic (exact) mass is 295 g/mol. The first kappa shape index (κ1) is 14.6. The Labute approximate surface area is 131 Å². The van der Waals surface area contributed by atoms with Gasteiger partial charge in [-0.1, -0.05) is 25.1 Å². The molecule has 1 unspecified atom stereocenters. The highest BCUT2D eigenvalue weighted by molar-refractivity contribution is 6.04. The molecule has 0 radical (unpaired) electrons. The maximum atomic E-state index is 12.1. The van der Waals surface area contributed by atoms with E-state index in [0.717, 1.165) is 24.6 Å². The van der Waals surface area contributed by atoms with Gasteiger partial charge < -0.3 is 10.2 Å². The van der Waals surface area contributed by atoms with E-state index in [9.17, 15) is 4.79 Å².